The molecule has 0 radical (unpaired) electrons. The SMILES string of the molecule is COc1cccc(C(=O)NCC(=O)OCC(=O)c2cc(C)n(Cc3ccccc3Cl)c2C)c1. The molecule has 1 amide bonds. The first-order chi connectivity index (χ1) is 15.8. The predicted molar refractivity (Wildman–Crippen MR) is 125 cm³/mol. The maximum atomic E-state index is 12.7. The van der Waals surface area contributed by atoms with Crippen LogP contribution in [0.5, 0.6) is 5.75 Å². The summed E-state index contributed by atoms with van der Waals surface area (Å²) in [4.78, 5) is 36.9. The van der Waals surface area contributed by atoms with Crippen molar-refractivity contribution in [2.75, 3.05) is 20.3 Å². The van der Waals surface area contributed by atoms with Gasteiger partial charge in [0.1, 0.15) is 12.3 Å². The van der Waals surface area contributed by atoms with E-state index in [4.69, 9.17) is 21.1 Å². The lowest BCUT2D eigenvalue weighted by Crippen LogP contribution is -2.31. The molecule has 0 aliphatic rings. The number of rotatable bonds is 9. The van der Waals surface area contributed by atoms with Crippen LogP contribution in [0, 0.1) is 13.8 Å². The Morgan fingerprint density at radius 2 is 1.79 bits per heavy atom. The average Bonchev–Trinajstić information content (AvgIpc) is 3.10. The van der Waals surface area contributed by atoms with Gasteiger partial charge in [0, 0.05) is 34.1 Å². The van der Waals surface area contributed by atoms with E-state index in [-0.39, 0.29) is 12.3 Å². The second kappa shape index (κ2) is 10.8. The molecule has 1 aromatic heterocycles. The number of methoxy groups -OCH3 is 1. The van der Waals surface area contributed by atoms with E-state index < -0.39 is 18.5 Å². The van der Waals surface area contributed by atoms with Crippen LogP contribution in [0.2, 0.25) is 5.02 Å². The number of ether oxygens (including phenoxy) is 2. The molecule has 33 heavy (non-hydrogen) atoms. The fraction of sp³-hybridized carbons (Fsp3) is 0.240. The lowest BCUT2D eigenvalue weighted by atomic mass is 10.1. The van der Waals surface area contributed by atoms with Gasteiger partial charge in [-0.1, -0.05) is 35.9 Å². The third-order valence-corrected chi connectivity index (χ3v) is 5.62. The third kappa shape index (κ3) is 6.02. The van der Waals surface area contributed by atoms with Crippen molar-refractivity contribution in [2.45, 2.75) is 20.4 Å². The minimum Gasteiger partial charge on any atom is -0.497 e. The first-order valence-electron chi connectivity index (χ1n) is 10.3. The summed E-state index contributed by atoms with van der Waals surface area (Å²) in [5.41, 5.74) is 3.43. The number of esters is 1. The maximum Gasteiger partial charge on any atom is 0.325 e. The standard InChI is InChI=1S/C25H25ClN2O5/c1-16-11-21(17(2)28(16)14-19-7-4-5-10-22(19)26)23(29)15-33-24(30)13-27-25(31)18-8-6-9-20(12-18)32-3/h4-12H,13-15H2,1-3H3,(H,27,31). The Labute approximate surface area is 197 Å². The van der Waals surface area contributed by atoms with Gasteiger partial charge in [0.05, 0.1) is 7.11 Å². The van der Waals surface area contributed by atoms with Gasteiger partial charge < -0.3 is 19.4 Å². The minimum absolute atomic E-state index is 0.319. The molecule has 0 spiro atoms. The van der Waals surface area contributed by atoms with Crippen LogP contribution in [0.25, 0.3) is 0 Å². The smallest absolute Gasteiger partial charge is 0.325 e. The first kappa shape index (κ1) is 24.1. The van der Waals surface area contributed by atoms with Gasteiger partial charge in [-0.3, -0.25) is 14.4 Å². The quantitative estimate of drug-likeness (QED) is 0.379. The number of aryl methyl sites for hydroxylation is 1. The minimum atomic E-state index is -0.704. The molecule has 0 fully saturated rings. The van der Waals surface area contributed by atoms with Crippen molar-refractivity contribution in [3.05, 3.63) is 87.7 Å². The van der Waals surface area contributed by atoms with Crippen LogP contribution in [0.1, 0.15) is 37.7 Å². The molecule has 3 rings (SSSR count). The molecule has 1 heterocycles. The molecule has 0 bridgehead atoms. The van der Waals surface area contributed by atoms with Gasteiger partial charge in [-0.25, -0.2) is 0 Å². The Morgan fingerprint density at radius 3 is 2.52 bits per heavy atom. The number of carbonyl (C=O) groups excluding carboxylic acids is 3. The topological polar surface area (TPSA) is 86.6 Å². The van der Waals surface area contributed by atoms with Crippen LogP contribution in [-0.2, 0) is 16.1 Å². The zero-order valence-corrected chi connectivity index (χ0v) is 19.4. The molecule has 172 valence electrons. The highest BCUT2D eigenvalue weighted by Gasteiger charge is 2.18. The van der Waals surface area contributed by atoms with Gasteiger partial charge in [-0.05, 0) is 49.7 Å². The van der Waals surface area contributed by atoms with E-state index in [1.54, 1.807) is 30.3 Å². The summed E-state index contributed by atoms with van der Waals surface area (Å²) in [6.45, 7) is 3.51. The van der Waals surface area contributed by atoms with Crippen LogP contribution < -0.4 is 10.1 Å². The van der Waals surface area contributed by atoms with E-state index in [2.05, 4.69) is 5.32 Å². The van der Waals surface area contributed by atoms with Crippen molar-refractivity contribution in [1.82, 2.24) is 9.88 Å². The number of ketones is 1. The average molecular weight is 469 g/mol. The lowest BCUT2D eigenvalue weighted by molar-refractivity contribution is -0.141. The summed E-state index contributed by atoms with van der Waals surface area (Å²) < 4.78 is 12.1. The number of nitrogens with one attached hydrogen (secondary N) is 1. The van der Waals surface area contributed by atoms with Crippen LogP contribution in [0.3, 0.4) is 0 Å². The van der Waals surface area contributed by atoms with E-state index in [1.807, 2.05) is 42.7 Å². The van der Waals surface area contributed by atoms with Gasteiger partial charge in [0.25, 0.3) is 5.91 Å². The van der Waals surface area contributed by atoms with Gasteiger partial charge >= 0.3 is 5.97 Å². The Balaban J connectivity index is 1.55. The van der Waals surface area contributed by atoms with E-state index in [1.165, 1.54) is 7.11 Å². The number of hydrogen-bond acceptors (Lipinski definition) is 5. The number of hydrogen-bond donors (Lipinski definition) is 1. The molecular formula is C25H25ClN2O5. The Bertz CT molecular complexity index is 1190. The number of aromatic nitrogens is 1. The summed E-state index contributed by atoms with van der Waals surface area (Å²) in [6.07, 6.45) is 0. The molecule has 3 aromatic rings. The summed E-state index contributed by atoms with van der Waals surface area (Å²) in [5.74, 6) is -0.936. The van der Waals surface area contributed by atoms with E-state index >= 15 is 0 Å². The van der Waals surface area contributed by atoms with Gasteiger partial charge in [0.2, 0.25) is 5.78 Å². The summed E-state index contributed by atoms with van der Waals surface area (Å²) in [6, 6.07) is 15.8. The summed E-state index contributed by atoms with van der Waals surface area (Å²) >= 11 is 6.26. The first-order valence-corrected chi connectivity index (χ1v) is 10.7. The highest BCUT2D eigenvalue weighted by atomic mass is 35.5. The molecule has 0 aliphatic heterocycles. The van der Waals surface area contributed by atoms with Crippen molar-refractivity contribution in [3.63, 3.8) is 0 Å². The Morgan fingerprint density at radius 1 is 1.03 bits per heavy atom. The fourth-order valence-corrected chi connectivity index (χ4v) is 3.61. The zero-order valence-electron chi connectivity index (χ0n) is 18.7. The summed E-state index contributed by atoms with van der Waals surface area (Å²) in [7, 11) is 1.50. The number of benzene rings is 2. The number of Topliss-reactive ketones (excluding diaryl/α,β-unsaturated/α-hetero) is 1. The molecule has 8 heteroatoms. The number of halogens is 1. The normalized spacial score (nSPS) is 10.5. The molecule has 0 aliphatic carbocycles. The fourth-order valence-electron chi connectivity index (χ4n) is 3.42. The molecule has 0 atom stereocenters. The van der Waals surface area contributed by atoms with E-state index in [9.17, 15) is 14.4 Å². The van der Waals surface area contributed by atoms with E-state index in [0.29, 0.717) is 28.4 Å². The van der Waals surface area contributed by atoms with Crippen LogP contribution in [0.15, 0.2) is 54.6 Å². The Kier molecular flexibility index (Phi) is 7.90. The number of nitrogens with zero attached hydrogens (tertiary/aromatic N) is 1. The monoisotopic (exact) mass is 468 g/mol. The molecule has 0 saturated carbocycles. The van der Waals surface area contributed by atoms with Crippen LogP contribution in [-0.4, -0.2) is 42.5 Å². The molecule has 7 nitrogen and oxygen atoms in total. The zero-order chi connectivity index (χ0) is 24.0. The third-order valence-electron chi connectivity index (χ3n) is 5.25. The molecule has 2 aromatic carbocycles. The van der Waals surface area contributed by atoms with E-state index in [0.717, 1.165) is 17.0 Å². The molecule has 0 unspecified atom stereocenters. The van der Waals surface area contributed by atoms with Gasteiger partial charge in [-0.15, -0.1) is 0 Å². The van der Waals surface area contributed by atoms with Crippen molar-refractivity contribution in [3.8, 4) is 5.75 Å². The van der Waals surface area contributed by atoms with Gasteiger partial charge in [0.15, 0.2) is 6.61 Å². The molecule has 1 N–H and O–H groups in total. The molecule has 0 saturated heterocycles. The number of amides is 1. The van der Waals surface area contributed by atoms with Crippen LogP contribution >= 0.6 is 11.6 Å². The second-order valence-electron chi connectivity index (χ2n) is 7.46. The van der Waals surface area contributed by atoms with Crippen molar-refractivity contribution in [1.29, 1.82) is 0 Å². The van der Waals surface area contributed by atoms with Crippen molar-refractivity contribution in [2.24, 2.45) is 0 Å². The van der Waals surface area contributed by atoms with Crippen molar-refractivity contribution < 1.29 is 23.9 Å². The summed E-state index contributed by atoms with van der Waals surface area (Å²) in [5, 5.41) is 3.13. The molecular weight excluding hydrogens is 444 g/mol. The van der Waals surface area contributed by atoms with Gasteiger partial charge in [-0.2, -0.15) is 0 Å². The predicted octanol–water partition coefficient (Wildman–Crippen LogP) is 3.97. The highest BCUT2D eigenvalue weighted by molar-refractivity contribution is 6.31. The largest absolute Gasteiger partial charge is 0.497 e. The lowest BCUT2D eigenvalue weighted by Gasteiger charge is -2.11. The maximum absolute atomic E-state index is 12.7. The Hall–Kier alpha value is -3.58. The highest BCUT2D eigenvalue weighted by Crippen LogP contribution is 2.21. The van der Waals surface area contributed by atoms with Crippen LogP contribution in [0.4, 0.5) is 0 Å². The number of carbonyl (C=O) groups is 3. The van der Waals surface area contributed by atoms with Crippen molar-refractivity contribution >= 4 is 29.3 Å². The second-order valence-corrected chi connectivity index (χ2v) is 7.87.